The Morgan fingerprint density at radius 2 is 2.07 bits per heavy atom. The fourth-order valence-electron chi connectivity index (χ4n) is 1.57. The third-order valence-corrected chi connectivity index (χ3v) is 2.81. The van der Waals surface area contributed by atoms with Gasteiger partial charge in [-0.3, -0.25) is 9.63 Å². The Morgan fingerprint density at radius 1 is 1.40 bits per heavy atom. The average molecular weight is 216 g/mol. The van der Waals surface area contributed by atoms with Gasteiger partial charge in [0.05, 0.1) is 18.6 Å². The lowest BCUT2D eigenvalue weighted by atomic mass is 9.80. The van der Waals surface area contributed by atoms with Crippen LogP contribution in [0.25, 0.3) is 0 Å². The molecule has 0 saturated carbocycles. The topological polar surface area (TPSA) is 59.6 Å². The second-order valence-corrected chi connectivity index (χ2v) is 4.08. The first kappa shape index (κ1) is 12.4. The quantitative estimate of drug-likeness (QED) is 0.504. The predicted octanol–water partition coefficient (Wildman–Crippen LogP) is 0.0703. The number of hydrogen-bond donors (Lipinski definition) is 2. The number of carbonyl (C=O) groups excluding carboxylic acids is 1. The minimum Gasteiger partial charge on any atom is -0.382 e. The van der Waals surface area contributed by atoms with Crippen LogP contribution < -0.4 is 10.8 Å². The Bertz CT molecular complexity index is 203. The van der Waals surface area contributed by atoms with Gasteiger partial charge >= 0.3 is 0 Å². The van der Waals surface area contributed by atoms with E-state index >= 15 is 0 Å². The van der Waals surface area contributed by atoms with Gasteiger partial charge in [-0.05, 0) is 25.9 Å². The van der Waals surface area contributed by atoms with Crippen LogP contribution in [0, 0.1) is 5.41 Å². The first-order chi connectivity index (χ1) is 7.19. The smallest absolute Gasteiger partial charge is 0.249 e. The molecule has 0 unspecified atom stereocenters. The van der Waals surface area contributed by atoms with Crippen molar-refractivity contribution in [3.63, 3.8) is 0 Å². The third-order valence-electron chi connectivity index (χ3n) is 2.81. The molecule has 1 saturated heterocycles. The molecule has 1 aliphatic rings. The lowest BCUT2D eigenvalue weighted by Crippen LogP contribution is -2.45. The molecular weight excluding hydrogens is 196 g/mol. The molecule has 0 aromatic rings. The summed E-state index contributed by atoms with van der Waals surface area (Å²) in [7, 11) is 1.60. The molecule has 0 bridgehead atoms. The van der Waals surface area contributed by atoms with Gasteiger partial charge in [-0.2, -0.15) is 0 Å². The number of methoxy groups -OCH3 is 1. The van der Waals surface area contributed by atoms with Crippen molar-refractivity contribution in [3.8, 4) is 0 Å². The number of rotatable bonds is 5. The van der Waals surface area contributed by atoms with Crippen molar-refractivity contribution in [1.29, 1.82) is 0 Å². The zero-order chi connectivity index (χ0) is 11.1. The normalized spacial score (nSPS) is 19.9. The fourth-order valence-corrected chi connectivity index (χ4v) is 1.57. The molecule has 5 nitrogen and oxygen atoms in total. The Kier molecular flexibility index (Phi) is 5.01. The van der Waals surface area contributed by atoms with Crippen molar-refractivity contribution in [3.05, 3.63) is 0 Å². The highest BCUT2D eigenvalue weighted by Crippen LogP contribution is 2.27. The largest absolute Gasteiger partial charge is 0.382 e. The van der Waals surface area contributed by atoms with Gasteiger partial charge in [-0.25, -0.2) is 5.48 Å². The summed E-state index contributed by atoms with van der Waals surface area (Å²) in [5, 5.41) is 3.23. The highest BCUT2D eigenvalue weighted by molar-refractivity contribution is 5.81. The second-order valence-electron chi connectivity index (χ2n) is 4.08. The molecule has 2 N–H and O–H groups in total. The van der Waals surface area contributed by atoms with Crippen LogP contribution in [0.3, 0.4) is 0 Å². The first-order valence-electron chi connectivity index (χ1n) is 5.31. The summed E-state index contributed by atoms with van der Waals surface area (Å²) >= 11 is 0. The van der Waals surface area contributed by atoms with Crippen LogP contribution in [0.1, 0.15) is 19.8 Å². The Morgan fingerprint density at radius 3 is 2.67 bits per heavy atom. The number of nitrogens with one attached hydrogen (secondary N) is 2. The molecule has 88 valence electrons. The molecule has 5 heteroatoms. The first-order valence-corrected chi connectivity index (χ1v) is 5.31. The van der Waals surface area contributed by atoms with E-state index in [1.54, 1.807) is 7.11 Å². The van der Waals surface area contributed by atoms with Crippen molar-refractivity contribution in [2.45, 2.75) is 19.8 Å². The maximum absolute atomic E-state index is 11.8. The fraction of sp³-hybridized carbons (Fsp3) is 0.900. The standard InChI is InChI=1S/C10H20N2O3/c1-10(3-5-11-6-4-10)9(13)12-15-8-7-14-2/h11H,3-8H2,1-2H3,(H,12,13). The Labute approximate surface area is 90.5 Å². The van der Waals surface area contributed by atoms with Crippen LogP contribution in [-0.2, 0) is 14.4 Å². The summed E-state index contributed by atoms with van der Waals surface area (Å²) in [4.78, 5) is 16.8. The van der Waals surface area contributed by atoms with Crippen LogP contribution in [0.5, 0.6) is 0 Å². The number of piperidine rings is 1. The number of carbonyl (C=O) groups is 1. The summed E-state index contributed by atoms with van der Waals surface area (Å²) in [6, 6.07) is 0. The van der Waals surface area contributed by atoms with Crippen molar-refractivity contribution in [2.75, 3.05) is 33.4 Å². The highest BCUT2D eigenvalue weighted by Gasteiger charge is 2.34. The van der Waals surface area contributed by atoms with E-state index in [4.69, 9.17) is 9.57 Å². The molecule has 1 amide bonds. The average Bonchev–Trinajstić information content (AvgIpc) is 2.25. The van der Waals surface area contributed by atoms with Crippen LogP contribution in [-0.4, -0.2) is 39.3 Å². The molecule has 0 atom stereocenters. The minimum atomic E-state index is -0.293. The van der Waals surface area contributed by atoms with E-state index in [2.05, 4.69) is 10.8 Å². The zero-order valence-electron chi connectivity index (χ0n) is 9.47. The number of ether oxygens (including phenoxy) is 1. The monoisotopic (exact) mass is 216 g/mol. The molecule has 0 radical (unpaired) electrons. The van der Waals surface area contributed by atoms with E-state index < -0.39 is 0 Å². The molecule has 15 heavy (non-hydrogen) atoms. The van der Waals surface area contributed by atoms with Crippen LogP contribution in [0.15, 0.2) is 0 Å². The minimum absolute atomic E-state index is 0.0277. The van der Waals surface area contributed by atoms with Crippen molar-refractivity contribution < 1.29 is 14.4 Å². The third kappa shape index (κ3) is 3.77. The molecule has 0 aromatic heterocycles. The summed E-state index contributed by atoms with van der Waals surface area (Å²) in [6.45, 7) is 4.63. The van der Waals surface area contributed by atoms with E-state index in [0.717, 1.165) is 25.9 Å². The highest BCUT2D eigenvalue weighted by atomic mass is 16.7. The predicted molar refractivity (Wildman–Crippen MR) is 56.2 cm³/mol. The van der Waals surface area contributed by atoms with Gasteiger partial charge in [0.25, 0.3) is 0 Å². The molecule has 1 rings (SSSR count). The lowest BCUT2D eigenvalue weighted by molar-refractivity contribution is -0.145. The van der Waals surface area contributed by atoms with Crippen LogP contribution >= 0.6 is 0 Å². The molecular formula is C10H20N2O3. The van der Waals surface area contributed by atoms with E-state index in [-0.39, 0.29) is 11.3 Å². The van der Waals surface area contributed by atoms with E-state index in [1.807, 2.05) is 6.92 Å². The van der Waals surface area contributed by atoms with Crippen LogP contribution in [0.2, 0.25) is 0 Å². The van der Waals surface area contributed by atoms with Gasteiger partial charge in [0.15, 0.2) is 0 Å². The second kappa shape index (κ2) is 6.05. The van der Waals surface area contributed by atoms with E-state index in [0.29, 0.717) is 13.2 Å². The summed E-state index contributed by atoms with van der Waals surface area (Å²) in [5.41, 5.74) is 2.19. The van der Waals surface area contributed by atoms with Gasteiger partial charge in [0.1, 0.15) is 0 Å². The molecule has 1 fully saturated rings. The number of hydrogen-bond acceptors (Lipinski definition) is 4. The van der Waals surface area contributed by atoms with Gasteiger partial charge in [0.2, 0.25) is 5.91 Å². The SMILES string of the molecule is COCCONC(=O)C1(C)CCNCC1. The maximum atomic E-state index is 11.8. The van der Waals surface area contributed by atoms with Gasteiger partial charge in [-0.1, -0.05) is 6.92 Å². The lowest BCUT2D eigenvalue weighted by Gasteiger charge is -2.32. The summed E-state index contributed by atoms with van der Waals surface area (Å²) in [5.74, 6) is -0.0277. The number of hydroxylamine groups is 1. The van der Waals surface area contributed by atoms with Gasteiger partial charge in [-0.15, -0.1) is 0 Å². The van der Waals surface area contributed by atoms with Crippen LogP contribution in [0.4, 0.5) is 0 Å². The van der Waals surface area contributed by atoms with Crippen molar-refractivity contribution in [1.82, 2.24) is 10.8 Å². The molecule has 0 spiro atoms. The van der Waals surface area contributed by atoms with Crippen molar-refractivity contribution >= 4 is 5.91 Å². The summed E-state index contributed by atoms with van der Waals surface area (Å²) < 4.78 is 4.81. The molecule has 1 aliphatic heterocycles. The Balaban J connectivity index is 2.25. The number of amides is 1. The maximum Gasteiger partial charge on any atom is 0.249 e. The molecule has 1 heterocycles. The zero-order valence-corrected chi connectivity index (χ0v) is 9.47. The molecule has 0 aromatic carbocycles. The Hall–Kier alpha value is -0.650. The van der Waals surface area contributed by atoms with Gasteiger partial charge in [0, 0.05) is 7.11 Å². The van der Waals surface area contributed by atoms with E-state index in [9.17, 15) is 4.79 Å². The van der Waals surface area contributed by atoms with Crippen molar-refractivity contribution in [2.24, 2.45) is 5.41 Å². The van der Waals surface area contributed by atoms with Gasteiger partial charge < -0.3 is 10.1 Å². The van der Waals surface area contributed by atoms with E-state index in [1.165, 1.54) is 0 Å². The molecule has 0 aliphatic carbocycles. The summed E-state index contributed by atoms with van der Waals surface area (Å²) in [6.07, 6.45) is 1.71.